The highest BCUT2D eigenvalue weighted by molar-refractivity contribution is 7.80. The van der Waals surface area contributed by atoms with Crippen molar-refractivity contribution in [2.45, 2.75) is 61.4 Å². The van der Waals surface area contributed by atoms with Gasteiger partial charge in [-0.2, -0.15) is 8.42 Å². The minimum Gasteiger partial charge on any atom is -0.394 e. The fourth-order valence-corrected chi connectivity index (χ4v) is 3.32. The Balaban J connectivity index is 2.22. The van der Waals surface area contributed by atoms with E-state index in [1.165, 1.54) is 0 Å². The first-order valence-corrected chi connectivity index (χ1v) is 9.10. The van der Waals surface area contributed by atoms with Crippen LogP contribution < -0.4 is 0 Å². The Labute approximate surface area is 153 Å². The van der Waals surface area contributed by atoms with Crippen LogP contribution in [0.1, 0.15) is 0 Å². The maximum atomic E-state index is 10.9. The molecular formula is C12H22O14S. The van der Waals surface area contributed by atoms with Crippen molar-refractivity contribution < 1.29 is 67.1 Å². The van der Waals surface area contributed by atoms with Crippen molar-refractivity contribution in [2.24, 2.45) is 0 Å². The monoisotopic (exact) mass is 422 g/mol. The van der Waals surface area contributed by atoms with E-state index in [2.05, 4.69) is 4.18 Å². The van der Waals surface area contributed by atoms with E-state index in [4.69, 9.17) is 18.8 Å². The molecule has 0 saturated carbocycles. The third kappa shape index (κ3) is 5.10. The summed E-state index contributed by atoms with van der Waals surface area (Å²) in [6.45, 7) is -1.65. The molecule has 2 fully saturated rings. The zero-order valence-electron chi connectivity index (χ0n) is 13.6. The van der Waals surface area contributed by atoms with E-state index in [1.54, 1.807) is 0 Å². The molecule has 14 nitrogen and oxygen atoms in total. The SMILES string of the molecule is O=S(=O)(O)O[C@H]1[C@@H](O)[C@@H](CO)O[C@@H](O[C@@H]2[C@H](O)[C@@H](O)[C@H](O)O[C@@H]2CO)[C@@H]1O. The molecule has 10 atom stereocenters. The quantitative estimate of drug-likeness (QED) is 0.186. The molecule has 0 spiro atoms. The zero-order valence-corrected chi connectivity index (χ0v) is 14.4. The Hall–Kier alpha value is -0.530. The molecule has 0 bridgehead atoms. The van der Waals surface area contributed by atoms with E-state index in [1.807, 2.05) is 0 Å². The highest BCUT2D eigenvalue weighted by atomic mass is 32.3. The van der Waals surface area contributed by atoms with Crippen molar-refractivity contribution in [2.75, 3.05) is 13.2 Å². The lowest BCUT2D eigenvalue weighted by molar-refractivity contribution is -0.353. The molecule has 0 unspecified atom stereocenters. The van der Waals surface area contributed by atoms with Gasteiger partial charge < -0.3 is 50.0 Å². The molecule has 0 aromatic rings. The smallest absolute Gasteiger partial charge is 0.394 e. The molecule has 0 radical (unpaired) electrons. The van der Waals surface area contributed by atoms with Gasteiger partial charge in [-0.25, -0.2) is 4.18 Å². The number of hydrogen-bond donors (Lipinski definition) is 8. The molecule has 27 heavy (non-hydrogen) atoms. The molecule has 0 aromatic carbocycles. The fraction of sp³-hybridized carbons (Fsp3) is 1.00. The van der Waals surface area contributed by atoms with Crippen LogP contribution in [0.15, 0.2) is 0 Å². The van der Waals surface area contributed by atoms with Gasteiger partial charge in [0, 0.05) is 0 Å². The molecule has 0 amide bonds. The van der Waals surface area contributed by atoms with Gasteiger partial charge in [-0.15, -0.1) is 0 Å². The van der Waals surface area contributed by atoms with Gasteiger partial charge >= 0.3 is 10.4 Å². The number of aliphatic hydroxyl groups excluding tert-OH is 7. The maximum Gasteiger partial charge on any atom is 0.397 e. The van der Waals surface area contributed by atoms with Crippen molar-refractivity contribution in [1.82, 2.24) is 0 Å². The van der Waals surface area contributed by atoms with E-state index in [0.717, 1.165) is 0 Å². The molecule has 2 aliphatic heterocycles. The number of rotatable bonds is 6. The summed E-state index contributed by atoms with van der Waals surface area (Å²) in [5.41, 5.74) is 0. The average molecular weight is 422 g/mol. The standard InChI is InChI=1S/C12H22O14S/c13-1-3-5(15)10(26-27(20,21)22)8(18)12(24-3)25-9-4(2-14)23-11(19)7(17)6(9)16/h3-19H,1-2H2,(H,20,21,22)/t3-,4-,5+,6-,7-,8-,9+,10+,11-,12+/m1/s1. The van der Waals surface area contributed by atoms with Gasteiger partial charge in [0.1, 0.15) is 48.8 Å². The third-order valence-electron chi connectivity index (χ3n) is 4.19. The van der Waals surface area contributed by atoms with Crippen LogP contribution in [0.5, 0.6) is 0 Å². The van der Waals surface area contributed by atoms with Gasteiger partial charge in [0.25, 0.3) is 0 Å². The van der Waals surface area contributed by atoms with E-state index in [9.17, 15) is 44.2 Å². The third-order valence-corrected chi connectivity index (χ3v) is 4.65. The lowest BCUT2D eigenvalue weighted by atomic mass is 9.97. The topological polar surface area (TPSA) is 233 Å². The van der Waals surface area contributed by atoms with Crippen LogP contribution in [0.3, 0.4) is 0 Å². The molecule has 2 aliphatic rings. The van der Waals surface area contributed by atoms with Crippen molar-refractivity contribution in [3.63, 3.8) is 0 Å². The van der Waals surface area contributed by atoms with Crippen LogP contribution in [0.2, 0.25) is 0 Å². The van der Waals surface area contributed by atoms with Crippen LogP contribution in [0.25, 0.3) is 0 Å². The summed E-state index contributed by atoms with van der Waals surface area (Å²) in [6.07, 6.45) is -17.8. The fourth-order valence-electron chi connectivity index (χ4n) is 2.81. The van der Waals surface area contributed by atoms with Crippen molar-refractivity contribution in [3.05, 3.63) is 0 Å². The minimum absolute atomic E-state index is 0.786. The molecule has 15 heteroatoms. The molecular weight excluding hydrogens is 400 g/mol. The predicted octanol–water partition coefficient (Wildman–Crippen LogP) is -5.57. The van der Waals surface area contributed by atoms with E-state index >= 15 is 0 Å². The molecule has 2 saturated heterocycles. The van der Waals surface area contributed by atoms with Gasteiger partial charge in [0.2, 0.25) is 0 Å². The first-order chi connectivity index (χ1) is 12.5. The van der Waals surface area contributed by atoms with Crippen LogP contribution in [0, 0.1) is 0 Å². The normalized spacial score (nSPS) is 46.4. The largest absolute Gasteiger partial charge is 0.397 e. The van der Waals surface area contributed by atoms with E-state index in [-0.39, 0.29) is 0 Å². The Morgan fingerprint density at radius 1 is 0.778 bits per heavy atom. The van der Waals surface area contributed by atoms with Crippen LogP contribution >= 0.6 is 0 Å². The Morgan fingerprint density at radius 2 is 1.37 bits per heavy atom. The first-order valence-electron chi connectivity index (χ1n) is 7.74. The number of aliphatic hydroxyl groups is 7. The second-order valence-electron chi connectivity index (χ2n) is 6.02. The zero-order chi connectivity index (χ0) is 20.5. The molecule has 0 aliphatic carbocycles. The van der Waals surface area contributed by atoms with Gasteiger partial charge in [0.15, 0.2) is 12.6 Å². The molecule has 0 aromatic heterocycles. The average Bonchev–Trinajstić information content (AvgIpc) is 2.59. The van der Waals surface area contributed by atoms with Gasteiger partial charge in [-0.3, -0.25) is 4.55 Å². The minimum atomic E-state index is -5.12. The predicted molar refractivity (Wildman–Crippen MR) is 79.0 cm³/mol. The molecule has 160 valence electrons. The van der Waals surface area contributed by atoms with Gasteiger partial charge in [0.05, 0.1) is 13.2 Å². The van der Waals surface area contributed by atoms with Gasteiger partial charge in [-0.05, 0) is 0 Å². The van der Waals surface area contributed by atoms with E-state index < -0.39 is 85.0 Å². The van der Waals surface area contributed by atoms with Crippen LogP contribution in [0.4, 0.5) is 0 Å². The Morgan fingerprint density at radius 3 is 1.89 bits per heavy atom. The summed E-state index contributed by atoms with van der Waals surface area (Å²) in [6, 6.07) is 0. The van der Waals surface area contributed by atoms with Crippen LogP contribution in [-0.4, -0.2) is 123 Å². The Bertz CT molecular complexity index is 583. The maximum absolute atomic E-state index is 10.9. The lowest BCUT2D eigenvalue weighted by Gasteiger charge is -2.45. The summed E-state index contributed by atoms with van der Waals surface area (Å²) in [5.74, 6) is 0. The summed E-state index contributed by atoms with van der Waals surface area (Å²) in [7, 11) is -5.12. The van der Waals surface area contributed by atoms with Crippen molar-refractivity contribution >= 4 is 10.4 Å². The van der Waals surface area contributed by atoms with E-state index in [0.29, 0.717) is 0 Å². The summed E-state index contributed by atoms with van der Waals surface area (Å²) in [4.78, 5) is 0. The van der Waals surface area contributed by atoms with Crippen LogP contribution in [-0.2, 0) is 28.8 Å². The molecule has 2 heterocycles. The van der Waals surface area contributed by atoms with Gasteiger partial charge in [-0.1, -0.05) is 0 Å². The number of hydrogen-bond acceptors (Lipinski definition) is 13. The second kappa shape index (κ2) is 8.87. The molecule has 2 rings (SSSR count). The molecule has 8 N–H and O–H groups in total. The second-order valence-corrected chi connectivity index (χ2v) is 7.07. The summed E-state index contributed by atoms with van der Waals surface area (Å²) >= 11 is 0. The Kier molecular flexibility index (Phi) is 7.47. The van der Waals surface area contributed by atoms with Crippen molar-refractivity contribution in [3.8, 4) is 0 Å². The highest BCUT2D eigenvalue weighted by Crippen LogP contribution is 2.30. The lowest BCUT2D eigenvalue weighted by Crippen LogP contribution is -2.65. The van der Waals surface area contributed by atoms with Crippen molar-refractivity contribution in [1.29, 1.82) is 0 Å². The summed E-state index contributed by atoms with van der Waals surface area (Å²) in [5, 5.41) is 67.8. The first kappa shape index (κ1) is 22.8. The number of ether oxygens (including phenoxy) is 3. The highest BCUT2D eigenvalue weighted by Gasteiger charge is 2.51. The summed E-state index contributed by atoms with van der Waals surface area (Å²) < 4.78 is 50.0.